The molecule has 0 spiro atoms. The molecule has 0 aliphatic rings. The molecule has 1 aromatic carbocycles. The van der Waals surface area contributed by atoms with Crippen LogP contribution in [-0.4, -0.2) is 29.8 Å². The molecule has 2 rings (SSSR count). The van der Waals surface area contributed by atoms with Crippen LogP contribution in [0.15, 0.2) is 24.3 Å². The number of nitrogens with zero attached hydrogens (tertiary/aromatic N) is 1. The Labute approximate surface area is 120 Å². The van der Waals surface area contributed by atoms with Gasteiger partial charge in [-0.05, 0) is 30.7 Å². The van der Waals surface area contributed by atoms with Crippen LogP contribution in [0, 0.1) is 5.82 Å². The number of aromatic nitrogens is 1. The van der Waals surface area contributed by atoms with Crippen LogP contribution in [0.25, 0.3) is 17.0 Å². The van der Waals surface area contributed by atoms with Gasteiger partial charge >= 0.3 is 5.97 Å². The lowest BCUT2D eigenvalue weighted by atomic mass is 10.1. The van der Waals surface area contributed by atoms with Crippen molar-refractivity contribution >= 4 is 22.9 Å². The smallest absolute Gasteiger partial charge is 0.330 e. The third-order valence-electron chi connectivity index (χ3n) is 2.81. The minimum atomic E-state index is -0.827. The minimum absolute atomic E-state index is 0.0675. The first-order chi connectivity index (χ1) is 10.1. The van der Waals surface area contributed by atoms with E-state index in [2.05, 4.69) is 4.98 Å². The average Bonchev–Trinajstić information content (AvgIpc) is 2.49. The highest BCUT2D eigenvalue weighted by Gasteiger charge is 2.12. The molecule has 0 saturated carbocycles. The first-order valence-electron chi connectivity index (χ1n) is 6.27. The third kappa shape index (κ3) is 3.10. The van der Waals surface area contributed by atoms with E-state index >= 15 is 0 Å². The van der Waals surface area contributed by atoms with Crippen molar-refractivity contribution < 1.29 is 23.8 Å². The van der Waals surface area contributed by atoms with Gasteiger partial charge in [0.05, 0.1) is 13.7 Å². The van der Waals surface area contributed by atoms with Gasteiger partial charge in [0, 0.05) is 17.5 Å². The number of phenolic OH excluding ortho intramolecular Hbond substituents is 1. The highest BCUT2D eigenvalue weighted by molar-refractivity contribution is 5.96. The van der Waals surface area contributed by atoms with Crippen LogP contribution in [0.1, 0.15) is 12.5 Å². The van der Waals surface area contributed by atoms with Gasteiger partial charge in [-0.1, -0.05) is 0 Å². The van der Waals surface area contributed by atoms with Crippen LogP contribution < -0.4 is 4.74 Å². The van der Waals surface area contributed by atoms with Crippen molar-refractivity contribution in [2.75, 3.05) is 13.7 Å². The Hall–Kier alpha value is -2.63. The predicted molar refractivity (Wildman–Crippen MR) is 75.6 cm³/mol. The predicted octanol–water partition coefficient (Wildman–Crippen LogP) is 2.66. The van der Waals surface area contributed by atoms with Crippen molar-refractivity contribution in [2.45, 2.75) is 6.92 Å². The van der Waals surface area contributed by atoms with Gasteiger partial charge in [-0.25, -0.2) is 14.2 Å². The number of hydrogen-bond donors (Lipinski definition) is 1. The number of rotatable bonds is 4. The summed E-state index contributed by atoms with van der Waals surface area (Å²) in [7, 11) is 1.42. The quantitative estimate of drug-likeness (QED) is 0.693. The van der Waals surface area contributed by atoms with Crippen molar-refractivity contribution in [1.29, 1.82) is 0 Å². The molecular weight excluding hydrogens is 277 g/mol. The van der Waals surface area contributed by atoms with Crippen molar-refractivity contribution in [1.82, 2.24) is 4.98 Å². The lowest BCUT2D eigenvalue weighted by Crippen LogP contribution is -1.99. The number of benzene rings is 1. The SMILES string of the molecule is CCOC(=O)/C=C/c1cc(F)c(O)c2nc(OC)ccc12. The van der Waals surface area contributed by atoms with Gasteiger partial charge in [-0.2, -0.15) is 0 Å². The molecule has 0 aliphatic carbocycles. The van der Waals surface area contributed by atoms with E-state index < -0.39 is 17.5 Å². The molecule has 2 aromatic rings. The summed E-state index contributed by atoms with van der Waals surface area (Å²) in [4.78, 5) is 15.3. The molecule has 0 unspecified atom stereocenters. The second kappa shape index (κ2) is 6.21. The van der Waals surface area contributed by atoms with Crippen molar-refractivity contribution in [3.05, 3.63) is 35.7 Å². The van der Waals surface area contributed by atoms with E-state index in [1.807, 2.05) is 0 Å². The number of pyridine rings is 1. The normalized spacial score (nSPS) is 11.0. The van der Waals surface area contributed by atoms with E-state index in [-0.39, 0.29) is 18.0 Å². The first-order valence-corrected chi connectivity index (χ1v) is 6.27. The number of carbonyl (C=O) groups excluding carboxylic acids is 1. The summed E-state index contributed by atoms with van der Waals surface area (Å²) >= 11 is 0. The number of phenols is 1. The summed E-state index contributed by atoms with van der Waals surface area (Å²) in [5.74, 6) is -1.66. The fraction of sp³-hybridized carbons (Fsp3) is 0.200. The molecule has 0 radical (unpaired) electrons. The largest absolute Gasteiger partial charge is 0.503 e. The fourth-order valence-corrected chi connectivity index (χ4v) is 1.85. The van der Waals surface area contributed by atoms with Crippen molar-refractivity contribution in [3.8, 4) is 11.6 Å². The Morgan fingerprint density at radius 3 is 2.90 bits per heavy atom. The van der Waals surface area contributed by atoms with Gasteiger partial charge in [-0.3, -0.25) is 0 Å². The van der Waals surface area contributed by atoms with E-state index in [9.17, 15) is 14.3 Å². The van der Waals surface area contributed by atoms with Crippen LogP contribution in [-0.2, 0) is 9.53 Å². The zero-order valence-electron chi connectivity index (χ0n) is 11.6. The molecule has 0 fully saturated rings. The van der Waals surface area contributed by atoms with Gasteiger partial charge in [0.1, 0.15) is 5.52 Å². The number of fused-ring (bicyclic) bond motifs is 1. The summed E-state index contributed by atoms with van der Waals surface area (Å²) in [6.07, 6.45) is 2.61. The minimum Gasteiger partial charge on any atom is -0.503 e. The molecule has 0 amide bonds. The lowest BCUT2D eigenvalue weighted by molar-refractivity contribution is -0.137. The zero-order chi connectivity index (χ0) is 15.4. The molecule has 0 aliphatic heterocycles. The summed E-state index contributed by atoms with van der Waals surface area (Å²) in [6, 6.07) is 4.34. The fourth-order valence-electron chi connectivity index (χ4n) is 1.85. The number of carbonyl (C=O) groups is 1. The number of methoxy groups -OCH3 is 1. The van der Waals surface area contributed by atoms with E-state index in [4.69, 9.17) is 9.47 Å². The Morgan fingerprint density at radius 2 is 2.24 bits per heavy atom. The van der Waals surface area contributed by atoms with Gasteiger partial charge in [0.25, 0.3) is 0 Å². The number of hydrogen-bond acceptors (Lipinski definition) is 5. The Bertz CT molecular complexity index is 712. The molecule has 1 aromatic heterocycles. The van der Waals surface area contributed by atoms with Crippen LogP contribution in [0.5, 0.6) is 11.6 Å². The lowest BCUT2D eigenvalue weighted by Gasteiger charge is -2.07. The molecule has 0 atom stereocenters. The van der Waals surface area contributed by atoms with Crippen molar-refractivity contribution in [2.24, 2.45) is 0 Å². The van der Waals surface area contributed by atoms with Crippen molar-refractivity contribution in [3.63, 3.8) is 0 Å². The second-order valence-corrected chi connectivity index (χ2v) is 4.13. The molecule has 1 N–H and O–H groups in total. The van der Waals surface area contributed by atoms with E-state index in [0.29, 0.717) is 10.9 Å². The maximum atomic E-state index is 13.7. The standard InChI is InChI=1S/C15H14FNO4/c1-3-21-13(18)7-4-9-8-11(16)15(19)14-10(9)5-6-12(17-14)20-2/h4-8,19H,3H2,1-2H3/b7-4+. The highest BCUT2D eigenvalue weighted by atomic mass is 19.1. The van der Waals surface area contributed by atoms with E-state index in [1.165, 1.54) is 19.3 Å². The maximum Gasteiger partial charge on any atom is 0.330 e. The Morgan fingerprint density at radius 1 is 1.48 bits per heavy atom. The summed E-state index contributed by atoms with van der Waals surface area (Å²) < 4.78 is 23.4. The van der Waals surface area contributed by atoms with Gasteiger partial charge < -0.3 is 14.6 Å². The number of esters is 1. The van der Waals surface area contributed by atoms with Crippen LogP contribution >= 0.6 is 0 Å². The van der Waals surface area contributed by atoms with E-state index in [1.54, 1.807) is 19.1 Å². The number of ether oxygens (including phenoxy) is 2. The molecule has 0 saturated heterocycles. The first kappa shape index (κ1) is 14.8. The third-order valence-corrected chi connectivity index (χ3v) is 2.81. The Balaban J connectivity index is 2.54. The van der Waals surface area contributed by atoms with Crippen LogP contribution in [0.3, 0.4) is 0 Å². The molecule has 110 valence electrons. The maximum absolute atomic E-state index is 13.7. The van der Waals surface area contributed by atoms with Crippen LogP contribution in [0.4, 0.5) is 4.39 Å². The molecule has 1 heterocycles. The monoisotopic (exact) mass is 291 g/mol. The summed E-state index contributed by atoms with van der Waals surface area (Å²) in [6.45, 7) is 1.95. The topological polar surface area (TPSA) is 68.7 Å². The number of halogens is 1. The van der Waals surface area contributed by atoms with E-state index in [0.717, 1.165) is 6.07 Å². The van der Waals surface area contributed by atoms with Gasteiger partial charge in [0.2, 0.25) is 5.88 Å². The van der Waals surface area contributed by atoms with Gasteiger partial charge in [0.15, 0.2) is 11.6 Å². The molecule has 5 nitrogen and oxygen atoms in total. The summed E-state index contributed by atoms with van der Waals surface area (Å²) in [5, 5.41) is 10.3. The van der Waals surface area contributed by atoms with Crippen LogP contribution in [0.2, 0.25) is 0 Å². The molecule has 6 heteroatoms. The highest BCUT2D eigenvalue weighted by Crippen LogP contribution is 2.31. The zero-order valence-corrected chi connectivity index (χ0v) is 11.6. The average molecular weight is 291 g/mol. The molecular formula is C15H14FNO4. The summed E-state index contributed by atoms with van der Waals surface area (Å²) in [5.41, 5.74) is 0.473. The molecule has 21 heavy (non-hydrogen) atoms. The second-order valence-electron chi connectivity index (χ2n) is 4.13. The van der Waals surface area contributed by atoms with Gasteiger partial charge in [-0.15, -0.1) is 0 Å². The molecule has 0 bridgehead atoms. The Kier molecular flexibility index (Phi) is 4.37. The number of aromatic hydroxyl groups is 1.